The summed E-state index contributed by atoms with van der Waals surface area (Å²) in [6, 6.07) is 15.6. The first kappa shape index (κ1) is 17.7. The molecule has 0 spiro atoms. The summed E-state index contributed by atoms with van der Waals surface area (Å²) in [6.45, 7) is 4.41. The van der Waals surface area contributed by atoms with E-state index in [4.69, 9.17) is 0 Å². The van der Waals surface area contributed by atoms with Gasteiger partial charge in [-0.3, -0.25) is 9.59 Å². The molecule has 1 N–H and O–H groups in total. The number of hydrogen-bond acceptors (Lipinski definition) is 2. The SMILES string of the molecule is Cc1cc(Br)ccc1NC(=O)[C@@H]1CC(=O)N([C@@H](C)c2ccccc2)C1. The minimum absolute atomic E-state index is 0.0269. The van der Waals surface area contributed by atoms with E-state index in [1.165, 1.54) is 0 Å². The van der Waals surface area contributed by atoms with Crippen molar-refractivity contribution in [3.8, 4) is 0 Å². The van der Waals surface area contributed by atoms with Crippen LogP contribution in [0.2, 0.25) is 0 Å². The molecule has 2 atom stereocenters. The van der Waals surface area contributed by atoms with Crippen molar-refractivity contribution < 1.29 is 9.59 Å². The Morgan fingerprint density at radius 2 is 1.96 bits per heavy atom. The van der Waals surface area contributed by atoms with Gasteiger partial charge in [0.1, 0.15) is 0 Å². The summed E-state index contributed by atoms with van der Waals surface area (Å²) in [5.41, 5.74) is 2.86. The molecule has 4 nitrogen and oxygen atoms in total. The topological polar surface area (TPSA) is 49.4 Å². The number of likely N-dealkylation sites (tertiary alicyclic amines) is 1. The van der Waals surface area contributed by atoms with E-state index in [0.717, 1.165) is 21.3 Å². The largest absolute Gasteiger partial charge is 0.335 e. The molecule has 2 aromatic carbocycles. The quantitative estimate of drug-likeness (QED) is 0.830. The number of amides is 2. The molecular formula is C20H21BrN2O2. The molecule has 0 aliphatic carbocycles. The average Bonchev–Trinajstić information content (AvgIpc) is 2.99. The Kier molecular flexibility index (Phi) is 5.23. The molecule has 5 heteroatoms. The summed E-state index contributed by atoms with van der Waals surface area (Å²) in [5.74, 6) is -0.382. The van der Waals surface area contributed by atoms with E-state index in [2.05, 4.69) is 21.2 Å². The number of carbonyl (C=O) groups is 2. The lowest BCUT2D eigenvalue weighted by Crippen LogP contribution is -2.30. The Bertz CT molecular complexity index is 792. The van der Waals surface area contributed by atoms with Crippen LogP contribution in [0.1, 0.15) is 30.5 Å². The lowest BCUT2D eigenvalue weighted by molar-refractivity contribution is -0.129. The van der Waals surface area contributed by atoms with E-state index < -0.39 is 0 Å². The molecule has 1 heterocycles. The van der Waals surface area contributed by atoms with E-state index in [0.29, 0.717) is 6.54 Å². The van der Waals surface area contributed by atoms with Gasteiger partial charge >= 0.3 is 0 Å². The smallest absolute Gasteiger partial charge is 0.229 e. The molecule has 1 aliphatic heterocycles. The minimum atomic E-state index is -0.318. The molecule has 1 aliphatic rings. The van der Waals surface area contributed by atoms with Crippen LogP contribution in [-0.4, -0.2) is 23.3 Å². The maximum absolute atomic E-state index is 12.6. The number of nitrogens with one attached hydrogen (secondary N) is 1. The number of benzene rings is 2. The molecule has 0 saturated carbocycles. The molecule has 2 aromatic rings. The highest BCUT2D eigenvalue weighted by atomic mass is 79.9. The van der Waals surface area contributed by atoms with Crippen molar-refractivity contribution >= 4 is 33.4 Å². The van der Waals surface area contributed by atoms with Crippen LogP contribution in [0.3, 0.4) is 0 Å². The standard InChI is InChI=1S/C20H21BrN2O2/c1-13-10-17(21)8-9-18(13)22-20(25)16-11-19(24)23(12-16)14(2)15-6-4-3-5-7-15/h3-10,14,16H,11-12H2,1-2H3,(H,22,25)/t14-,16+/m0/s1. The highest BCUT2D eigenvalue weighted by molar-refractivity contribution is 9.10. The summed E-state index contributed by atoms with van der Waals surface area (Å²) in [4.78, 5) is 26.8. The van der Waals surface area contributed by atoms with Gasteiger partial charge < -0.3 is 10.2 Å². The molecule has 3 rings (SSSR count). The Hall–Kier alpha value is -2.14. The van der Waals surface area contributed by atoms with E-state index in [9.17, 15) is 9.59 Å². The summed E-state index contributed by atoms with van der Waals surface area (Å²) in [5, 5.41) is 2.96. The van der Waals surface area contributed by atoms with Crippen LogP contribution < -0.4 is 5.32 Å². The average molecular weight is 401 g/mol. The summed E-state index contributed by atoms with van der Waals surface area (Å²) >= 11 is 3.42. The maximum Gasteiger partial charge on any atom is 0.229 e. The van der Waals surface area contributed by atoms with Crippen molar-refractivity contribution in [1.82, 2.24) is 4.90 Å². The van der Waals surface area contributed by atoms with Gasteiger partial charge in [0.25, 0.3) is 0 Å². The number of hydrogen-bond donors (Lipinski definition) is 1. The lowest BCUT2D eigenvalue weighted by atomic mass is 10.1. The predicted molar refractivity (Wildman–Crippen MR) is 102 cm³/mol. The number of nitrogens with zero attached hydrogens (tertiary/aromatic N) is 1. The summed E-state index contributed by atoms with van der Waals surface area (Å²) < 4.78 is 0.974. The second-order valence-corrected chi connectivity index (χ2v) is 7.40. The van der Waals surface area contributed by atoms with Gasteiger partial charge in [0.05, 0.1) is 12.0 Å². The number of anilines is 1. The van der Waals surface area contributed by atoms with Crippen LogP contribution in [0.5, 0.6) is 0 Å². The van der Waals surface area contributed by atoms with E-state index in [1.807, 2.05) is 62.4 Å². The Balaban J connectivity index is 1.68. The van der Waals surface area contributed by atoms with Gasteiger partial charge in [0.15, 0.2) is 0 Å². The van der Waals surface area contributed by atoms with E-state index >= 15 is 0 Å². The molecule has 25 heavy (non-hydrogen) atoms. The van der Waals surface area contributed by atoms with E-state index in [-0.39, 0.29) is 30.2 Å². The molecular weight excluding hydrogens is 380 g/mol. The number of aryl methyl sites for hydroxylation is 1. The highest BCUT2D eigenvalue weighted by Crippen LogP contribution is 2.29. The van der Waals surface area contributed by atoms with Crippen LogP contribution in [0.4, 0.5) is 5.69 Å². The zero-order chi connectivity index (χ0) is 18.0. The highest BCUT2D eigenvalue weighted by Gasteiger charge is 2.37. The van der Waals surface area contributed by atoms with Crippen molar-refractivity contribution in [3.05, 3.63) is 64.1 Å². The predicted octanol–water partition coefficient (Wildman–Crippen LogP) is 4.31. The van der Waals surface area contributed by atoms with Crippen LogP contribution in [0, 0.1) is 12.8 Å². The van der Waals surface area contributed by atoms with Gasteiger partial charge in [0.2, 0.25) is 11.8 Å². The van der Waals surface area contributed by atoms with Crippen molar-refractivity contribution in [1.29, 1.82) is 0 Å². The van der Waals surface area contributed by atoms with Crippen LogP contribution >= 0.6 is 15.9 Å². The van der Waals surface area contributed by atoms with Gasteiger partial charge in [-0.05, 0) is 43.2 Å². The van der Waals surface area contributed by atoms with Crippen molar-refractivity contribution in [3.63, 3.8) is 0 Å². The fourth-order valence-electron chi connectivity index (χ4n) is 3.20. The Morgan fingerprint density at radius 1 is 1.24 bits per heavy atom. The molecule has 2 amide bonds. The number of rotatable bonds is 4. The molecule has 1 fully saturated rings. The van der Waals surface area contributed by atoms with E-state index in [1.54, 1.807) is 4.90 Å². The molecule has 130 valence electrons. The summed E-state index contributed by atoms with van der Waals surface area (Å²) in [7, 11) is 0. The zero-order valence-electron chi connectivity index (χ0n) is 14.3. The van der Waals surface area contributed by atoms with Gasteiger partial charge in [-0.2, -0.15) is 0 Å². The number of carbonyl (C=O) groups excluding carboxylic acids is 2. The Morgan fingerprint density at radius 3 is 2.64 bits per heavy atom. The van der Waals surface area contributed by atoms with Gasteiger partial charge in [0, 0.05) is 23.1 Å². The maximum atomic E-state index is 12.6. The van der Waals surface area contributed by atoms with Crippen LogP contribution in [0.25, 0.3) is 0 Å². The third-order valence-corrected chi connectivity index (χ3v) is 5.22. The lowest BCUT2D eigenvalue weighted by Gasteiger charge is -2.25. The first-order chi connectivity index (χ1) is 12.0. The molecule has 0 bridgehead atoms. The summed E-state index contributed by atoms with van der Waals surface area (Å²) in [6.07, 6.45) is 0.262. The second kappa shape index (κ2) is 7.40. The van der Waals surface area contributed by atoms with Gasteiger partial charge in [-0.25, -0.2) is 0 Å². The van der Waals surface area contributed by atoms with Crippen LogP contribution in [0.15, 0.2) is 53.0 Å². The van der Waals surface area contributed by atoms with Crippen LogP contribution in [-0.2, 0) is 9.59 Å². The van der Waals surface area contributed by atoms with Crippen molar-refractivity contribution in [2.24, 2.45) is 5.92 Å². The second-order valence-electron chi connectivity index (χ2n) is 6.48. The minimum Gasteiger partial charge on any atom is -0.335 e. The monoisotopic (exact) mass is 400 g/mol. The van der Waals surface area contributed by atoms with Gasteiger partial charge in [-0.15, -0.1) is 0 Å². The fraction of sp³-hybridized carbons (Fsp3) is 0.300. The number of halogens is 1. The van der Waals surface area contributed by atoms with Crippen molar-refractivity contribution in [2.45, 2.75) is 26.3 Å². The fourth-order valence-corrected chi connectivity index (χ4v) is 3.67. The normalized spacial score (nSPS) is 18.3. The molecule has 1 saturated heterocycles. The first-order valence-corrected chi connectivity index (χ1v) is 9.16. The Labute approximate surface area is 156 Å². The van der Waals surface area contributed by atoms with Gasteiger partial charge in [-0.1, -0.05) is 46.3 Å². The third-order valence-electron chi connectivity index (χ3n) is 4.73. The zero-order valence-corrected chi connectivity index (χ0v) is 15.9. The third kappa shape index (κ3) is 3.93. The molecule has 0 radical (unpaired) electrons. The molecule has 0 unspecified atom stereocenters. The first-order valence-electron chi connectivity index (χ1n) is 8.37. The van der Waals surface area contributed by atoms with Crippen molar-refractivity contribution in [2.75, 3.05) is 11.9 Å². The molecule has 0 aromatic heterocycles.